The summed E-state index contributed by atoms with van der Waals surface area (Å²) in [5.74, 6) is 0.237. The maximum atomic E-state index is 10.4. The minimum absolute atomic E-state index is 0.0671. The Morgan fingerprint density at radius 1 is 1.55 bits per heavy atom. The van der Waals surface area contributed by atoms with Crippen molar-refractivity contribution in [3.8, 4) is 0 Å². The molecule has 1 heterocycles. The second kappa shape index (κ2) is 3.08. The highest BCUT2D eigenvalue weighted by Gasteiger charge is 2.28. The Morgan fingerprint density at radius 2 is 2.18 bits per heavy atom. The first-order valence-corrected chi connectivity index (χ1v) is 5.32. The van der Waals surface area contributed by atoms with Crippen LogP contribution in [0, 0.1) is 11.8 Å². The molecule has 0 unspecified atom stereocenters. The van der Waals surface area contributed by atoms with Crippen molar-refractivity contribution in [3.05, 3.63) is 0 Å². The molecule has 1 aliphatic rings. The van der Waals surface area contributed by atoms with Crippen molar-refractivity contribution in [1.29, 1.82) is 0 Å². The van der Waals surface area contributed by atoms with Gasteiger partial charge in [-0.3, -0.25) is 0 Å². The molecule has 2 N–H and O–H groups in total. The van der Waals surface area contributed by atoms with Gasteiger partial charge in [0.05, 0.1) is 23.2 Å². The Hall–Kier alpha value is -0.130. The second-order valence-electron chi connectivity index (χ2n) is 3.22. The van der Waals surface area contributed by atoms with Gasteiger partial charge in [0.25, 0.3) is 0 Å². The van der Waals surface area contributed by atoms with E-state index >= 15 is 0 Å². The fourth-order valence-corrected chi connectivity index (χ4v) is 2.48. The molecule has 0 aromatic carbocycles. The van der Waals surface area contributed by atoms with Crippen LogP contribution in [0.1, 0.15) is 6.92 Å². The zero-order valence-electron chi connectivity index (χ0n) is 6.49. The standard InChI is InChI=1S/C6H13NO3S/c1-5-2-7-3-6(5)4-11(8,9)10/h5-7H,2-4H2,1H3,(H,8,9,10)/t5-,6-/m1/s1. The summed E-state index contributed by atoms with van der Waals surface area (Å²) in [6.45, 7) is 3.71. The minimum atomic E-state index is -4.01. The molecule has 0 spiro atoms. The fourth-order valence-electron chi connectivity index (χ4n) is 1.49. The van der Waals surface area contributed by atoms with Crippen LogP contribution >= 0.6 is 0 Å². The summed E-state index contributed by atoms with van der Waals surface area (Å²) in [5.41, 5.74) is 0. The van der Waals surface area contributed by atoms with Crippen LogP contribution in [0.2, 0.25) is 0 Å². The molecule has 11 heavy (non-hydrogen) atoms. The molecule has 2 atom stereocenters. The maximum Gasteiger partial charge on any atom is 0.0951 e. The van der Waals surface area contributed by atoms with Crippen molar-refractivity contribution >= 4 is 10.1 Å². The third-order valence-electron chi connectivity index (χ3n) is 2.23. The summed E-state index contributed by atoms with van der Waals surface area (Å²) in [4.78, 5) is 0. The van der Waals surface area contributed by atoms with Gasteiger partial charge in [-0.2, -0.15) is 0 Å². The SMILES string of the molecule is C[C@@H]1C[NH2+]C[C@@H]1CS(=O)(=O)[O-]. The Kier molecular flexibility index (Phi) is 2.51. The van der Waals surface area contributed by atoms with Crippen molar-refractivity contribution < 1.29 is 18.3 Å². The van der Waals surface area contributed by atoms with E-state index in [4.69, 9.17) is 0 Å². The van der Waals surface area contributed by atoms with E-state index in [1.54, 1.807) is 0 Å². The molecule has 0 aliphatic carbocycles. The summed E-state index contributed by atoms with van der Waals surface area (Å²) >= 11 is 0. The maximum absolute atomic E-state index is 10.4. The highest BCUT2D eigenvalue weighted by molar-refractivity contribution is 7.85. The average molecular weight is 179 g/mol. The van der Waals surface area contributed by atoms with Gasteiger partial charge in [0.1, 0.15) is 0 Å². The number of quaternary nitrogens is 1. The molecule has 5 heteroatoms. The quantitative estimate of drug-likeness (QED) is 0.517. The fraction of sp³-hybridized carbons (Fsp3) is 1.00. The van der Waals surface area contributed by atoms with Gasteiger partial charge in [-0.15, -0.1) is 0 Å². The van der Waals surface area contributed by atoms with Crippen molar-refractivity contribution in [3.63, 3.8) is 0 Å². The van der Waals surface area contributed by atoms with Crippen LogP contribution in [0.3, 0.4) is 0 Å². The summed E-state index contributed by atoms with van der Waals surface area (Å²) in [6, 6.07) is 0. The molecule has 0 aromatic rings. The molecule has 1 aliphatic heterocycles. The van der Waals surface area contributed by atoms with Crippen LogP contribution in [0.25, 0.3) is 0 Å². The molecule has 1 fully saturated rings. The lowest BCUT2D eigenvalue weighted by molar-refractivity contribution is -0.639. The Morgan fingerprint density at radius 3 is 2.55 bits per heavy atom. The van der Waals surface area contributed by atoms with Crippen molar-refractivity contribution in [1.82, 2.24) is 0 Å². The first-order chi connectivity index (χ1) is 4.99. The van der Waals surface area contributed by atoms with Crippen LogP contribution < -0.4 is 5.32 Å². The van der Waals surface area contributed by atoms with E-state index in [-0.39, 0.29) is 11.7 Å². The molecule has 1 saturated heterocycles. The number of hydrogen-bond acceptors (Lipinski definition) is 3. The van der Waals surface area contributed by atoms with Gasteiger partial charge in [-0.1, -0.05) is 6.92 Å². The zero-order chi connectivity index (χ0) is 8.48. The van der Waals surface area contributed by atoms with Gasteiger partial charge in [0, 0.05) is 17.6 Å². The molecule has 1 rings (SSSR count). The highest BCUT2D eigenvalue weighted by Crippen LogP contribution is 2.13. The topological polar surface area (TPSA) is 73.8 Å². The third-order valence-corrected chi connectivity index (χ3v) is 3.07. The van der Waals surface area contributed by atoms with Crippen LogP contribution in [0.4, 0.5) is 0 Å². The van der Waals surface area contributed by atoms with E-state index in [9.17, 15) is 13.0 Å². The predicted molar refractivity (Wildman–Crippen MR) is 38.9 cm³/mol. The third kappa shape index (κ3) is 2.76. The Bertz CT molecular complexity index is 224. The zero-order valence-corrected chi connectivity index (χ0v) is 7.30. The average Bonchev–Trinajstić information content (AvgIpc) is 2.12. The van der Waals surface area contributed by atoms with E-state index in [0.29, 0.717) is 5.92 Å². The number of nitrogens with two attached hydrogens (primary N) is 1. The van der Waals surface area contributed by atoms with E-state index in [1.807, 2.05) is 6.92 Å². The van der Waals surface area contributed by atoms with Gasteiger partial charge in [-0.05, 0) is 0 Å². The van der Waals surface area contributed by atoms with Crippen LogP contribution in [0.15, 0.2) is 0 Å². The molecular weight excluding hydrogens is 166 g/mol. The van der Waals surface area contributed by atoms with Crippen LogP contribution in [0.5, 0.6) is 0 Å². The molecule has 0 saturated carbocycles. The van der Waals surface area contributed by atoms with Gasteiger partial charge < -0.3 is 9.87 Å². The molecule has 0 radical (unpaired) electrons. The normalized spacial score (nSPS) is 32.5. The van der Waals surface area contributed by atoms with E-state index in [1.165, 1.54) is 0 Å². The summed E-state index contributed by atoms with van der Waals surface area (Å²) < 4.78 is 31.1. The van der Waals surface area contributed by atoms with E-state index < -0.39 is 10.1 Å². The highest BCUT2D eigenvalue weighted by atomic mass is 32.2. The Balaban J connectivity index is 2.50. The first-order valence-electron chi connectivity index (χ1n) is 3.74. The van der Waals surface area contributed by atoms with Gasteiger partial charge >= 0.3 is 0 Å². The summed E-state index contributed by atoms with van der Waals surface area (Å²) in [5, 5.41) is 2.06. The van der Waals surface area contributed by atoms with Gasteiger partial charge in [0.2, 0.25) is 0 Å². The van der Waals surface area contributed by atoms with E-state index in [2.05, 4.69) is 5.32 Å². The van der Waals surface area contributed by atoms with E-state index in [0.717, 1.165) is 13.1 Å². The minimum Gasteiger partial charge on any atom is -0.748 e. The van der Waals surface area contributed by atoms with Crippen LogP contribution in [-0.4, -0.2) is 31.8 Å². The monoisotopic (exact) mass is 179 g/mol. The largest absolute Gasteiger partial charge is 0.748 e. The molecule has 0 bridgehead atoms. The Labute approximate surface area is 66.7 Å². The molecule has 4 nitrogen and oxygen atoms in total. The lowest BCUT2D eigenvalue weighted by atomic mass is 10.0. The molecular formula is C6H13NO3S. The van der Waals surface area contributed by atoms with Crippen molar-refractivity contribution in [2.75, 3.05) is 18.8 Å². The smallest absolute Gasteiger partial charge is 0.0951 e. The predicted octanol–water partition coefficient (Wildman–Crippen LogP) is -1.64. The lowest BCUT2D eigenvalue weighted by Crippen LogP contribution is -2.81. The molecule has 0 amide bonds. The van der Waals surface area contributed by atoms with Crippen molar-refractivity contribution in [2.45, 2.75) is 6.92 Å². The number of hydrogen-bond donors (Lipinski definition) is 1. The molecule has 0 aromatic heterocycles. The lowest BCUT2D eigenvalue weighted by Gasteiger charge is -2.13. The summed E-state index contributed by atoms with van der Waals surface area (Å²) in [7, 11) is -4.01. The van der Waals surface area contributed by atoms with Gasteiger partial charge in [0.15, 0.2) is 0 Å². The summed E-state index contributed by atoms with van der Waals surface area (Å²) in [6.07, 6.45) is 0. The number of rotatable bonds is 2. The first kappa shape index (κ1) is 8.96. The van der Waals surface area contributed by atoms with Gasteiger partial charge in [-0.25, -0.2) is 8.42 Å². The van der Waals surface area contributed by atoms with Crippen molar-refractivity contribution in [2.24, 2.45) is 11.8 Å². The molecule has 66 valence electrons. The second-order valence-corrected chi connectivity index (χ2v) is 4.67. The van der Waals surface area contributed by atoms with Crippen LogP contribution in [-0.2, 0) is 10.1 Å².